The summed E-state index contributed by atoms with van der Waals surface area (Å²) in [5, 5.41) is 0. The van der Waals surface area contributed by atoms with E-state index in [1.807, 2.05) is 0 Å². The second-order valence-electron chi connectivity index (χ2n) is 4.63. The zero-order valence-corrected chi connectivity index (χ0v) is 8.81. The third-order valence-corrected chi connectivity index (χ3v) is 3.26. The monoisotopic (exact) mass is 168 g/mol. The average Bonchev–Trinajstić information content (AvgIpc) is 2.26. The van der Waals surface area contributed by atoms with E-state index >= 15 is 0 Å². The molecule has 0 saturated heterocycles. The molecular weight excluding hydrogens is 144 g/mol. The van der Waals surface area contributed by atoms with Gasteiger partial charge in [-0.2, -0.15) is 0 Å². The Hall–Kier alpha value is 0. The Kier molecular flexibility index (Phi) is 4.72. The summed E-state index contributed by atoms with van der Waals surface area (Å²) in [5.41, 5.74) is 0. The summed E-state index contributed by atoms with van der Waals surface area (Å²) >= 11 is 0. The lowest BCUT2D eigenvalue weighted by Crippen LogP contribution is -2.03. The van der Waals surface area contributed by atoms with Gasteiger partial charge in [-0.15, -0.1) is 0 Å². The van der Waals surface area contributed by atoms with E-state index in [9.17, 15) is 0 Å². The molecule has 72 valence electrons. The average molecular weight is 168 g/mol. The van der Waals surface area contributed by atoms with Crippen LogP contribution in [0.3, 0.4) is 0 Å². The van der Waals surface area contributed by atoms with Crippen molar-refractivity contribution in [1.29, 1.82) is 0 Å². The topological polar surface area (TPSA) is 0 Å². The first-order chi connectivity index (χ1) is 5.83. The Morgan fingerprint density at radius 1 is 1.17 bits per heavy atom. The first-order valence-corrected chi connectivity index (χ1v) is 5.83. The summed E-state index contributed by atoms with van der Waals surface area (Å²) in [6.07, 6.45) is 11.8. The predicted octanol–water partition coefficient (Wildman–Crippen LogP) is 4.39. The van der Waals surface area contributed by atoms with Crippen LogP contribution in [0.2, 0.25) is 0 Å². The van der Waals surface area contributed by atoms with Gasteiger partial charge in [0.15, 0.2) is 0 Å². The second-order valence-corrected chi connectivity index (χ2v) is 4.63. The molecule has 0 aromatic rings. The van der Waals surface area contributed by atoms with E-state index in [4.69, 9.17) is 0 Å². The van der Waals surface area contributed by atoms with Crippen molar-refractivity contribution in [3.63, 3.8) is 0 Å². The van der Waals surface area contributed by atoms with Crippen LogP contribution in [0.4, 0.5) is 0 Å². The summed E-state index contributed by atoms with van der Waals surface area (Å²) < 4.78 is 0. The van der Waals surface area contributed by atoms with Crippen LogP contribution in [-0.2, 0) is 0 Å². The van der Waals surface area contributed by atoms with E-state index in [2.05, 4.69) is 13.8 Å². The maximum absolute atomic E-state index is 2.43. The molecule has 12 heavy (non-hydrogen) atoms. The highest BCUT2D eigenvalue weighted by atomic mass is 14.2. The highest BCUT2D eigenvalue weighted by molar-refractivity contribution is 4.68. The lowest BCUT2D eigenvalue weighted by molar-refractivity contribution is 0.365. The Morgan fingerprint density at radius 3 is 2.67 bits per heavy atom. The van der Waals surface area contributed by atoms with E-state index in [1.54, 1.807) is 0 Å². The van der Waals surface area contributed by atoms with Gasteiger partial charge < -0.3 is 0 Å². The molecule has 0 nitrogen and oxygen atoms in total. The minimum absolute atomic E-state index is 1.01. The molecule has 1 aliphatic carbocycles. The van der Waals surface area contributed by atoms with Gasteiger partial charge in [-0.3, -0.25) is 0 Å². The van der Waals surface area contributed by atoms with Crippen LogP contribution in [0.1, 0.15) is 65.2 Å². The molecule has 0 heteroatoms. The molecule has 0 heterocycles. The maximum Gasteiger partial charge on any atom is -0.0412 e. The van der Waals surface area contributed by atoms with Crippen molar-refractivity contribution in [1.82, 2.24) is 0 Å². The third-order valence-electron chi connectivity index (χ3n) is 3.26. The quantitative estimate of drug-likeness (QED) is 0.548. The normalized spacial score (nSPS) is 31.5. The zero-order valence-electron chi connectivity index (χ0n) is 8.81. The zero-order chi connectivity index (χ0) is 8.81. The lowest BCUT2D eigenvalue weighted by atomic mass is 9.90. The Morgan fingerprint density at radius 2 is 1.92 bits per heavy atom. The fraction of sp³-hybridized carbons (Fsp3) is 1.00. The van der Waals surface area contributed by atoms with E-state index in [0.717, 1.165) is 11.8 Å². The van der Waals surface area contributed by atoms with Gasteiger partial charge in [-0.05, 0) is 18.3 Å². The first kappa shape index (κ1) is 10.1. The van der Waals surface area contributed by atoms with Crippen molar-refractivity contribution < 1.29 is 0 Å². The molecule has 0 aliphatic heterocycles. The molecular formula is C12H24. The van der Waals surface area contributed by atoms with Crippen LogP contribution in [0.25, 0.3) is 0 Å². The van der Waals surface area contributed by atoms with Crippen molar-refractivity contribution in [3.05, 3.63) is 0 Å². The second kappa shape index (κ2) is 5.61. The Labute approximate surface area is 77.7 Å². The first-order valence-electron chi connectivity index (χ1n) is 5.83. The van der Waals surface area contributed by atoms with E-state index in [0.29, 0.717) is 0 Å². The van der Waals surface area contributed by atoms with Crippen LogP contribution in [-0.4, -0.2) is 0 Å². The van der Waals surface area contributed by atoms with E-state index in [-0.39, 0.29) is 0 Å². The smallest absolute Gasteiger partial charge is 0.0412 e. The van der Waals surface area contributed by atoms with Crippen molar-refractivity contribution in [2.24, 2.45) is 11.8 Å². The summed E-state index contributed by atoms with van der Waals surface area (Å²) in [5.74, 6) is 2.08. The van der Waals surface area contributed by atoms with Crippen LogP contribution >= 0.6 is 0 Å². The number of unbranched alkanes of at least 4 members (excludes halogenated alkanes) is 1. The highest BCUT2D eigenvalue weighted by Crippen LogP contribution is 2.30. The van der Waals surface area contributed by atoms with Crippen LogP contribution in [0.15, 0.2) is 0 Å². The molecule has 0 N–H and O–H groups in total. The molecule has 1 saturated carbocycles. The molecule has 0 amide bonds. The summed E-state index contributed by atoms with van der Waals surface area (Å²) in [6, 6.07) is 0. The van der Waals surface area contributed by atoms with Gasteiger partial charge >= 0.3 is 0 Å². The largest absolute Gasteiger partial charge is 0.0654 e. The SMILES string of the molecule is CCCCC1CCCCC(C)C1. The molecule has 0 spiro atoms. The van der Waals surface area contributed by atoms with Gasteiger partial charge in [0.05, 0.1) is 0 Å². The fourth-order valence-electron chi connectivity index (χ4n) is 2.49. The minimum atomic E-state index is 1.01. The number of hydrogen-bond acceptors (Lipinski definition) is 0. The van der Waals surface area contributed by atoms with Gasteiger partial charge in [0.2, 0.25) is 0 Å². The minimum Gasteiger partial charge on any atom is -0.0654 e. The van der Waals surface area contributed by atoms with Gasteiger partial charge in [0.25, 0.3) is 0 Å². The Bertz CT molecular complexity index is 107. The number of rotatable bonds is 3. The molecule has 2 atom stereocenters. The van der Waals surface area contributed by atoms with Crippen LogP contribution in [0.5, 0.6) is 0 Å². The molecule has 1 fully saturated rings. The van der Waals surface area contributed by atoms with Crippen molar-refractivity contribution in [2.75, 3.05) is 0 Å². The number of hydrogen-bond donors (Lipinski definition) is 0. The standard InChI is InChI=1S/C12H24/c1-3-4-8-12-9-6-5-7-11(2)10-12/h11-12H,3-10H2,1-2H3. The maximum atomic E-state index is 2.43. The van der Waals surface area contributed by atoms with Crippen LogP contribution < -0.4 is 0 Å². The predicted molar refractivity (Wildman–Crippen MR) is 55.3 cm³/mol. The Balaban J connectivity index is 2.21. The van der Waals surface area contributed by atoms with Gasteiger partial charge in [-0.25, -0.2) is 0 Å². The van der Waals surface area contributed by atoms with Crippen molar-refractivity contribution >= 4 is 0 Å². The molecule has 0 aromatic heterocycles. The summed E-state index contributed by atoms with van der Waals surface area (Å²) in [4.78, 5) is 0. The molecule has 2 unspecified atom stereocenters. The lowest BCUT2D eigenvalue weighted by Gasteiger charge is -2.16. The van der Waals surface area contributed by atoms with Gasteiger partial charge in [0.1, 0.15) is 0 Å². The molecule has 0 aromatic carbocycles. The fourth-order valence-corrected chi connectivity index (χ4v) is 2.49. The molecule has 1 aliphatic rings. The molecule has 0 bridgehead atoms. The van der Waals surface area contributed by atoms with E-state index < -0.39 is 0 Å². The van der Waals surface area contributed by atoms with E-state index in [1.165, 1.54) is 51.4 Å². The molecule has 0 radical (unpaired) electrons. The van der Waals surface area contributed by atoms with Gasteiger partial charge in [-0.1, -0.05) is 58.8 Å². The van der Waals surface area contributed by atoms with Gasteiger partial charge in [0, 0.05) is 0 Å². The highest BCUT2D eigenvalue weighted by Gasteiger charge is 2.16. The van der Waals surface area contributed by atoms with Crippen LogP contribution in [0, 0.1) is 11.8 Å². The summed E-state index contributed by atoms with van der Waals surface area (Å²) in [7, 11) is 0. The third kappa shape index (κ3) is 3.60. The summed E-state index contributed by atoms with van der Waals surface area (Å²) in [6.45, 7) is 4.74. The molecule has 1 rings (SSSR count). The van der Waals surface area contributed by atoms with Crippen molar-refractivity contribution in [3.8, 4) is 0 Å². The van der Waals surface area contributed by atoms with Crippen molar-refractivity contribution in [2.45, 2.75) is 65.2 Å².